The Kier molecular flexibility index (Phi) is 6.72. The predicted octanol–water partition coefficient (Wildman–Crippen LogP) is 4.30. The van der Waals surface area contributed by atoms with E-state index < -0.39 is 0 Å². The van der Waals surface area contributed by atoms with Gasteiger partial charge in [-0.3, -0.25) is 0 Å². The first-order chi connectivity index (χ1) is 10.2. The van der Waals surface area contributed by atoms with Gasteiger partial charge in [0.05, 0.1) is 0 Å². The van der Waals surface area contributed by atoms with Crippen LogP contribution in [0.2, 0.25) is 0 Å². The molecule has 0 aromatic heterocycles. The Balaban J connectivity index is 1.93. The van der Waals surface area contributed by atoms with E-state index >= 15 is 0 Å². The molecule has 1 N–H and O–H groups in total. The standard InChI is InChI=1S/C19H32N2/c1-4-13-20-19(17-8-6-16(3)7-9-17)12-15-21(14-5-2)18-10-11-18/h6-9,18-20H,4-5,10-15H2,1-3H3. The van der Waals surface area contributed by atoms with E-state index in [4.69, 9.17) is 0 Å². The minimum atomic E-state index is 0.503. The molecule has 0 aliphatic heterocycles. The first-order valence-corrected chi connectivity index (χ1v) is 8.78. The third-order valence-electron chi connectivity index (χ3n) is 4.40. The Morgan fingerprint density at radius 3 is 2.38 bits per heavy atom. The van der Waals surface area contributed by atoms with Gasteiger partial charge in [0.2, 0.25) is 0 Å². The maximum absolute atomic E-state index is 3.74. The van der Waals surface area contributed by atoms with Gasteiger partial charge in [-0.1, -0.05) is 43.7 Å². The molecular weight excluding hydrogens is 256 g/mol. The van der Waals surface area contributed by atoms with Crippen LogP contribution in [-0.4, -0.2) is 30.6 Å². The second-order valence-corrected chi connectivity index (χ2v) is 6.47. The highest BCUT2D eigenvalue weighted by molar-refractivity contribution is 5.24. The molecule has 118 valence electrons. The van der Waals surface area contributed by atoms with E-state index in [2.05, 4.69) is 55.3 Å². The zero-order chi connectivity index (χ0) is 15.1. The summed E-state index contributed by atoms with van der Waals surface area (Å²) in [5.41, 5.74) is 2.79. The lowest BCUT2D eigenvalue weighted by Crippen LogP contribution is -2.32. The second kappa shape index (κ2) is 8.55. The smallest absolute Gasteiger partial charge is 0.0332 e. The largest absolute Gasteiger partial charge is 0.310 e. The van der Waals surface area contributed by atoms with Crippen molar-refractivity contribution >= 4 is 0 Å². The Hall–Kier alpha value is -0.860. The highest BCUT2D eigenvalue weighted by Gasteiger charge is 2.28. The molecule has 1 unspecified atom stereocenters. The van der Waals surface area contributed by atoms with Crippen LogP contribution in [0.4, 0.5) is 0 Å². The minimum absolute atomic E-state index is 0.503. The second-order valence-electron chi connectivity index (χ2n) is 6.47. The van der Waals surface area contributed by atoms with Gasteiger partial charge in [-0.15, -0.1) is 0 Å². The van der Waals surface area contributed by atoms with Crippen molar-refractivity contribution in [2.45, 2.75) is 65.0 Å². The maximum atomic E-state index is 3.74. The van der Waals surface area contributed by atoms with Crippen LogP contribution in [0.1, 0.15) is 63.1 Å². The van der Waals surface area contributed by atoms with Gasteiger partial charge in [0.25, 0.3) is 0 Å². The SMILES string of the molecule is CCCNC(CCN(CCC)C1CC1)c1ccc(C)cc1. The number of benzene rings is 1. The number of hydrogen-bond donors (Lipinski definition) is 1. The first-order valence-electron chi connectivity index (χ1n) is 8.78. The van der Waals surface area contributed by atoms with Gasteiger partial charge in [0.1, 0.15) is 0 Å². The van der Waals surface area contributed by atoms with E-state index in [1.165, 1.54) is 56.3 Å². The van der Waals surface area contributed by atoms with E-state index in [0.717, 1.165) is 12.6 Å². The van der Waals surface area contributed by atoms with Crippen molar-refractivity contribution in [2.24, 2.45) is 0 Å². The van der Waals surface area contributed by atoms with Crippen LogP contribution in [0.5, 0.6) is 0 Å². The van der Waals surface area contributed by atoms with Crippen LogP contribution in [0.3, 0.4) is 0 Å². The molecule has 2 heteroatoms. The minimum Gasteiger partial charge on any atom is -0.310 e. The zero-order valence-electron chi connectivity index (χ0n) is 14.1. The number of rotatable bonds is 10. The Bertz CT molecular complexity index is 395. The summed E-state index contributed by atoms with van der Waals surface area (Å²) in [6.45, 7) is 10.3. The van der Waals surface area contributed by atoms with E-state index in [9.17, 15) is 0 Å². The van der Waals surface area contributed by atoms with E-state index in [-0.39, 0.29) is 0 Å². The van der Waals surface area contributed by atoms with Gasteiger partial charge < -0.3 is 10.2 Å². The molecule has 21 heavy (non-hydrogen) atoms. The lowest BCUT2D eigenvalue weighted by molar-refractivity contribution is 0.247. The predicted molar refractivity (Wildman–Crippen MR) is 91.7 cm³/mol. The summed E-state index contributed by atoms with van der Waals surface area (Å²) in [4.78, 5) is 2.70. The van der Waals surface area contributed by atoms with Gasteiger partial charge in [0.15, 0.2) is 0 Å². The average molecular weight is 288 g/mol. The zero-order valence-corrected chi connectivity index (χ0v) is 14.1. The summed E-state index contributed by atoms with van der Waals surface area (Å²) in [5.74, 6) is 0. The quantitative estimate of drug-likeness (QED) is 0.690. The molecule has 0 bridgehead atoms. The summed E-state index contributed by atoms with van der Waals surface area (Å²) in [6, 6.07) is 10.5. The lowest BCUT2D eigenvalue weighted by atomic mass is 10.0. The van der Waals surface area contributed by atoms with Crippen LogP contribution in [0, 0.1) is 6.92 Å². The van der Waals surface area contributed by atoms with Gasteiger partial charge in [-0.05, 0) is 57.7 Å². The molecule has 1 saturated carbocycles. The van der Waals surface area contributed by atoms with Crippen LogP contribution >= 0.6 is 0 Å². The van der Waals surface area contributed by atoms with Crippen molar-refractivity contribution in [3.05, 3.63) is 35.4 Å². The first kappa shape index (κ1) is 16.5. The fourth-order valence-corrected chi connectivity index (χ4v) is 3.00. The molecule has 0 spiro atoms. The molecule has 1 fully saturated rings. The Labute approximate surface area is 130 Å². The van der Waals surface area contributed by atoms with Crippen molar-refractivity contribution in [3.63, 3.8) is 0 Å². The molecule has 0 saturated heterocycles. The molecule has 1 aliphatic carbocycles. The van der Waals surface area contributed by atoms with Crippen molar-refractivity contribution in [2.75, 3.05) is 19.6 Å². The maximum Gasteiger partial charge on any atom is 0.0332 e. The molecule has 1 atom stereocenters. The molecule has 2 rings (SSSR count). The number of nitrogens with one attached hydrogen (secondary N) is 1. The monoisotopic (exact) mass is 288 g/mol. The highest BCUT2D eigenvalue weighted by atomic mass is 15.2. The highest BCUT2D eigenvalue weighted by Crippen LogP contribution is 2.28. The molecule has 1 aromatic carbocycles. The molecule has 2 nitrogen and oxygen atoms in total. The van der Waals surface area contributed by atoms with Crippen LogP contribution in [-0.2, 0) is 0 Å². The molecule has 0 heterocycles. The van der Waals surface area contributed by atoms with E-state index in [1.54, 1.807) is 0 Å². The van der Waals surface area contributed by atoms with Crippen LogP contribution in [0.15, 0.2) is 24.3 Å². The van der Waals surface area contributed by atoms with Gasteiger partial charge in [0, 0.05) is 18.6 Å². The summed E-state index contributed by atoms with van der Waals surface area (Å²) < 4.78 is 0. The van der Waals surface area contributed by atoms with Crippen molar-refractivity contribution < 1.29 is 0 Å². The van der Waals surface area contributed by atoms with Crippen LogP contribution < -0.4 is 5.32 Å². The van der Waals surface area contributed by atoms with Crippen molar-refractivity contribution in [3.8, 4) is 0 Å². The summed E-state index contributed by atoms with van der Waals surface area (Å²) >= 11 is 0. The number of hydrogen-bond acceptors (Lipinski definition) is 2. The number of aryl methyl sites for hydroxylation is 1. The van der Waals surface area contributed by atoms with E-state index in [1.807, 2.05) is 0 Å². The average Bonchev–Trinajstić information content (AvgIpc) is 3.32. The molecule has 1 aromatic rings. The van der Waals surface area contributed by atoms with Crippen molar-refractivity contribution in [1.82, 2.24) is 10.2 Å². The van der Waals surface area contributed by atoms with Crippen LogP contribution in [0.25, 0.3) is 0 Å². The summed E-state index contributed by atoms with van der Waals surface area (Å²) in [5, 5.41) is 3.74. The van der Waals surface area contributed by atoms with Gasteiger partial charge in [-0.25, -0.2) is 0 Å². The van der Waals surface area contributed by atoms with Gasteiger partial charge in [-0.2, -0.15) is 0 Å². The Morgan fingerprint density at radius 1 is 1.10 bits per heavy atom. The third kappa shape index (κ3) is 5.44. The molecule has 0 amide bonds. The normalized spacial score (nSPS) is 16.4. The fraction of sp³-hybridized carbons (Fsp3) is 0.684. The molecule has 0 radical (unpaired) electrons. The summed E-state index contributed by atoms with van der Waals surface area (Å²) in [6.07, 6.45) is 6.52. The lowest BCUT2D eigenvalue weighted by Gasteiger charge is -2.25. The Morgan fingerprint density at radius 2 is 1.81 bits per heavy atom. The number of nitrogens with zero attached hydrogens (tertiary/aromatic N) is 1. The van der Waals surface area contributed by atoms with Crippen molar-refractivity contribution in [1.29, 1.82) is 0 Å². The summed E-state index contributed by atoms with van der Waals surface area (Å²) in [7, 11) is 0. The van der Waals surface area contributed by atoms with Gasteiger partial charge >= 0.3 is 0 Å². The third-order valence-corrected chi connectivity index (χ3v) is 4.40. The topological polar surface area (TPSA) is 15.3 Å². The van der Waals surface area contributed by atoms with E-state index in [0.29, 0.717) is 6.04 Å². The molecule has 1 aliphatic rings. The molecular formula is C19H32N2. The fourth-order valence-electron chi connectivity index (χ4n) is 3.00.